The van der Waals surface area contributed by atoms with Crippen LogP contribution in [0.1, 0.15) is 91.7 Å². The number of aryl methyl sites for hydroxylation is 5. The molecule has 3 aliphatic rings. The fourth-order valence-corrected chi connectivity index (χ4v) is 13.9. The van der Waals surface area contributed by atoms with Crippen LogP contribution < -0.4 is 16.2 Å². The Kier molecular flexibility index (Phi) is 15.1. The molecule has 2 unspecified atom stereocenters. The van der Waals surface area contributed by atoms with Crippen LogP contribution in [0, 0.1) is 32.6 Å². The third-order valence-electron chi connectivity index (χ3n) is 15.1. The maximum atomic E-state index is 13.7. The van der Waals surface area contributed by atoms with E-state index in [1.807, 2.05) is 61.3 Å². The molecule has 4 atom stereocenters. The zero-order valence-corrected chi connectivity index (χ0v) is 47.1. The third kappa shape index (κ3) is 10.9. The number of carbonyl (C=O) groups is 4. The minimum Gasteiger partial charge on any atom is -0.351 e. The summed E-state index contributed by atoms with van der Waals surface area (Å²) >= 11 is 14.3. The normalized spacial score (nSPS) is 18.6. The Balaban J connectivity index is 0.630. The van der Waals surface area contributed by atoms with Gasteiger partial charge in [-0.05, 0) is 137 Å². The molecular weight excluding hydrogens is 1070 g/mol. The van der Waals surface area contributed by atoms with Gasteiger partial charge in [0, 0.05) is 102 Å². The molecule has 11 rings (SSSR count). The second kappa shape index (κ2) is 22.2. The Morgan fingerprint density at radius 2 is 1.51 bits per heavy atom. The van der Waals surface area contributed by atoms with Crippen LogP contribution in [0.4, 0.5) is 0 Å². The molecule has 3 fully saturated rings. The summed E-state index contributed by atoms with van der Waals surface area (Å²) in [6, 6.07) is 15.3. The fraction of sp³-hybridized carbons (Fsp3) is 0.375. The van der Waals surface area contributed by atoms with Crippen molar-refractivity contribution in [1.82, 2.24) is 64.8 Å². The van der Waals surface area contributed by atoms with Crippen LogP contribution in [-0.2, 0) is 42.2 Å². The third-order valence-corrected chi connectivity index (χ3v) is 17.8. The first-order valence-corrected chi connectivity index (χ1v) is 28.6. The molecule has 18 nitrogen and oxygen atoms in total. The number of imide groups is 1. The number of thiophene rings is 2. The predicted molar refractivity (Wildman–Crippen MR) is 303 cm³/mol. The molecule has 1 aromatic carbocycles. The van der Waals surface area contributed by atoms with Crippen molar-refractivity contribution in [3.63, 3.8) is 0 Å². The molecule has 2 N–H and O–H groups in total. The van der Waals surface area contributed by atoms with Crippen molar-refractivity contribution in [2.75, 3.05) is 26.2 Å². The molecular formula is C56H58ClN13O5S3. The first-order valence-electron chi connectivity index (χ1n) is 26.2. The summed E-state index contributed by atoms with van der Waals surface area (Å²) in [7, 11) is 0. The number of nitrogens with one attached hydrogen (secondary N) is 2. The largest absolute Gasteiger partial charge is 0.351 e. The molecule has 0 spiro atoms. The van der Waals surface area contributed by atoms with Gasteiger partial charge in [0.2, 0.25) is 11.8 Å². The number of rotatable bonds is 18. The van der Waals surface area contributed by atoms with Crippen molar-refractivity contribution in [1.29, 1.82) is 0 Å². The molecule has 9 heterocycles. The van der Waals surface area contributed by atoms with Crippen molar-refractivity contribution in [2.24, 2.45) is 11.8 Å². The van der Waals surface area contributed by atoms with Crippen molar-refractivity contribution < 1.29 is 19.2 Å². The molecule has 78 heavy (non-hydrogen) atoms. The van der Waals surface area contributed by atoms with Crippen LogP contribution in [0.15, 0.2) is 83.3 Å². The SMILES string of the molecule is Cc1ccnc(-n2c(S)nc3sc(C)c(CCCNC(=O)c4ccc(C(=O)NCCCn5cc(CN6C[C@H](C)N(Cc7c(C)cc(Cl)cc7-c7ccnc8cc(CN9C(=O)C%10CC%10C9=O)sc78)[C@@H](C)C6)cn5)nn4)c3c2=O)c1. The number of amides is 4. The van der Waals surface area contributed by atoms with Crippen LogP contribution in [0.3, 0.4) is 0 Å². The Labute approximate surface area is 468 Å². The second-order valence-electron chi connectivity index (χ2n) is 20.8. The van der Waals surface area contributed by atoms with Gasteiger partial charge in [-0.25, -0.2) is 14.5 Å². The number of piperidine rings is 1. The lowest BCUT2D eigenvalue weighted by Gasteiger charge is -2.45. The molecule has 1 aliphatic carbocycles. The number of halogens is 1. The molecule has 2 saturated heterocycles. The van der Waals surface area contributed by atoms with Crippen LogP contribution in [-0.4, -0.2) is 116 Å². The number of aromatic nitrogens is 8. The lowest BCUT2D eigenvalue weighted by atomic mass is 9.94. The fourth-order valence-electron chi connectivity index (χ4n) is 11.0. The Morgan fingerprint density at radius 3 is 2.22 bits per heavy atom. The first-order chi connectivity index (χ1) is 37.6. The van der Waals surface area contributed by atoms with Crippen molar-refractivity contribution in [2.45, 2.75) is 104 Å². The van der Waals surface area contributed by atoms with E-state index < -0.39 is 5.91 Å². The number of pyridine rings is 2. The van der Waals surface area contributed by atoms with E-state index in [4.69, 9.17) is 11.6 Å². The summed E-state index contributed by atoms with van der Waals surface area (Å²) in [6.45, 7) is 15.5. The van der Waals surface area contributed by atoms with E-state index >= 15 is 0 Å². The predicted octanol–water partition coefficient (Wildman–Crippen LogP) is 7.76. The standard InChI is InChI=1S/C56H58ClN13O5S3/c1-30-11-15-59-47(18-30)70-55(75)48-38(34(5)77-52(48)63-56(70)76)8-6-13-60-50(71)44-9-10-45(65-64-44)51(72)61-14-7-17-67-27-35(23-62-67)26-66-24-32(3)68(33(4)25-66)29-43-31(2)19-36(57)20-40(43)39-12-16-58-46-21-37(78-49(39)46)28-69-53(73)41-22-42(41)54(69)74/h9-12,15-16,18-21,23,27,32-33,41-42H,6-8,13-14,17,22,24-26,28-29H2,1-5H3,(H,60,71)(H,61,72)(H,63,76)/t32-,33-,41?,42?/m0/s1. The van der Waals surface area contributed by atoms with E-state index in [1.165, 1.54) is 38.5 Å². The van der Waals surface area contributed by atoms with E-state index in [1.54, 1.807) is 17.5 Å². The van der Waals surface area contributed by atoms with E-state index in [2.05, 4.69) is 96.3 Å². The first kappa shape index (κ1) is 53.3. The molecule has 4 amide bonds. The minimum absolute atomic E-state index is 0.0506. The van der Waals surface area contributed by atoms with Gasteiger partial charge in [0.05, 0.1) is 40.2 Å². The lowest BCUT2D eigenvalue weighted by molar-refractivity contribution is -0.141. The molecule has 8 aromatic rings. The second-order valence-corrected chi connectivity index (χ2v) is 23.9. The van der Waals surface area contributed by atoms with Gasteiger partial charge in [-0.2, -0.15) is 5.10 Å². The Hall–Kier alpha value is -6.75. The van der Waals surface area contributed by atoms with Gasteiger partial charge in [0.15, 0.2) is 16.5 Å². The van der Waals surface area contributed by atoms with Crippen LogP contribution in [0.5, 0.6) is 0 Å². The van der Waals surface area contributed by atoms with Gasteiger partial charge < -0.3 is 10.6 Å². The topological polar surface area (TPSA) is 206 Å². The Bertz CT molecular complexity index is 3690. The molecule has 0 radical (unpaired) electrons. The molecule has 22 heteroatoms. The molecule has 402 valence electrons. The summed E-state index contributed by atoms with van der Waals surface area (Å²) in [4.78, 5) is 87.9. The van der Waals surface area contributed by atoms with Crippen LogP contribution in [0.2, 0.25) is 5.02 Å². The molecule has 1 saturated carbocycles. The zero-order valence-electron chi connectivity index (χ0n) is 43.8. The van der Waals surface area contributed by atoms with Crippen LogP contribution >= 0.6 is 46.9 Å². The smallest absolute Gasteiger partial charge is 0.271 e. The highest BCUT2D eigenvalue weighted by Crippen LogP contribution is 2.48. The number of nitrogens with zero attached hydrogens (tertiary/aromatic N) is 11. The summed E-state index contributed by atoms with van der Waals surface area (Å²) in [6.07, 6.45) is 9.90. The summed E-state index contributed by atoms with van der Waals surface area (Å²) in [5.41, 5.74) is 8.21. The van der Waals surface area contributed by atoms with Gasteiger partial charge in [0.1, 0.15) is 10.6 Å². The molecule has 7 aromatic heterocycles. The van der Waals surface area contributed by atoms with E-state index in [-0.39, 0.29) is 70.3 Å². The maximum Gasteiger partial charge on any atom is 0.271 e. The van der Waals surface area contributed by atoms with Crippen molar-refractivity contribution in [3.8, 4) is 16.9 Å². The van der Waals surface area contributed by atoms with E-state index in [0.717, 1.165) is 79.5 Å². The number of fused-ring (bicyclic) bond motifs is 3. The number of piperazine rings is 1. The van der Waals surface area contributed by atoms with Gasteiger partial charge in [-0.1, -0.05) is 11.6 Å². The summed E-state index contributed by atoms with van der Waals surface area (Å²) in [5.74, 6) is -0.690. The van der Waals surface area contributed by atoms with Gasteiger partial charge in [-0.3, -0.25) is 48.3 Å². The van der Waals surface area contributed by atoms with Gasteiger partial charge >= 0.3 is 0 Å². The van der Waals surface area contributed by atoms with Gasteiger partial charge in [-0.15, -0.1) is 45.5 Å². The molecule has 0 bridgehead atoms. The number of benzene rings is 1. The van der Waals surface area contributed by atoms with Gasteiger partial charge in [0.25, 0.3) is 17.4 Å². The molecule has 2 aliphatic heterocycles. The maximum absolute atomic E-state index is 13.7. The number of carbonyl (C=O) groups excluding carboxylic acids is 4. The monoisotopic (exact) mass is 1120 g/mol. The summed E-state index contributed by atoms with van der Waals surface area (Å²) in [5, 5.41) is 19.9. The Morgan fingerprint density at radius 1 is 0.808 bits per heavy atom. The number of hydrogen-bond donors (Lipinski definition) is 3. The quantitative estimate of drug-likeness (QED) is 0.0326. The lowest BCUT2D eigenvalue weighted by Crippen LogP contribution is -2.55. The highest BCUT2D eigenvalue weighted by Gasteiger charge is 2.58. The van der Waals surface area contributed by atoms with Crippen molar-refractivity contribution >= 4 is 91.0 Å². The highest BCUT2D eigenvalue weighted by atomic mass is 35.5. The average molecular weight is 1120 g/mol. The van der Waals surface area contributed by atoms with E-state index in [9.17, 15) is 24.0 Å². The number of hydrogen-bond acceptors (Lipinski definition) is 16. The van der Waals surface area contributed by atoms with Crippen LogP contribution in [0.25, 0.3) is 37.4 Å². The average Bonchev–Trinajstić information content (AvgIpc) is 3.89. The zero-order chi connectivity index (χ0) is 54.5. The highest BCUT2D eigenvalue weighted by molar-refractivity contribution is 7.80. The number of thiol groups is 1. The minimum atomic E-state index is -0.414. The van der Waals surface area contributed by atoms with Crippen molar-refractivity contribution in [3.05, 3.63) is 138 Å². The number of likely N-dealkylation sites (tertiary alicyclic amines) is 1. The van der Waals surface area contributed by atoms with E-state index in [0.29, 0.717) is 66.4 Å². The summed E-state index contributed by atoms with van der Waals surface area (Å²) < 4.78 is 4.34.